The molecule has 0 N–H and O–H groups in total. The van der Waals surface area contributed by atoms with E-state index in [1.807, 2.05) is 37.8 Å². The zero-order valence-corrected chi connectivity index (χ0v) is 14.0. The summed E-state index contributed by atoms with van der Waals surface area (Å²) in [5, 5.41) is 10.4. The Morgan fingerprint density at radius 3 is 2.64 bits per heavy atom. The van der Waals surface area contributed by atoms with Crippen LogP contribution in [0.1, 0.15) is 44.5 Å². The SMILES string of the molecule is CC(C)(C)C(=O)N1CCC(c2nnc(-c3ccco3)s2)CC1. The second kappa shape index (κ2) is 5.83. The van der Waals surface area contributed by atoms with Crippen molar-refractivity contribution in [2.45, 2.75) is 39.5 Å². The van der Waals surface area contributed by atoms with Gasteiger partial charge in [0.2, 0.25) is 5.91 Å². The summed E-state index contributed by atoms with van der Waals surface area (Å²) in [4.78, 5) is 14.3. The van der Waals surface area contributed by atoms with Crippen LogP contribution in [-0.2, 0) is 4.79 Å². The Hall–Kier alpha value is -1.69. The lowest BCUT2D eigenvalue weighted by atomic mass is 9.91. The summed E-state index contributed by atoms with van der Waals surface area (Å²) >= 11 is 1.59. The molecule has 1 aliphatic rings. The maximum absolute atomic E-state index is 12.3. The van der Waals surface area contributed by atoms with Crippen molar-refractivity contribution >= 4 is 17.2 Å². The number of hydrogen-bond donors (Lipinski definition) is 0. The zero-order valence-electron chi connectivity index (χ0n) is 13.2. The van der Waals surface area contributed by atoms with Crippen LogP contribution in [0.25, 0.3) is 10.8 Å². The molecule has 0 atom stereocenters. The molecule has 2 aromatic heterocycles. The van der Waals surface area contributed by atoms with Crippen LogP contribution < -0.4 is 0 Å². The zero-order chi connectivity index (χ0) is 15.7. The summed E-state index contributed by atoms with van der Waals surface area (Å²) in [7, 11) is 0. The van der Waals surface area contributed by atoms with Crippen LogP contribution in [0.15, 0.2) is 22.8 Å². The van der Waals surface area contributed by atoms with Crippen LogP contribution in [-0.4, -0.2) is 34.1 Å². The van der Waals surface area contributed by atoms with Crippen LogP contribution in [0.3, 0.4) is 0 Å². The molecular formula is C16H21N3O2S. The lowest BCUT2D eigenvalue weighted by Gasteiger charge is -2.35. The molecule has 0 unspecified atom stereocenters. The Kier molecular flexibility index (Phi) is 4.04. The number of carbonyl (C=O) groups excluding carboxylic acids is 1. The van der Waals surface area contributed by atoms with Crippen molar-refractivity contribution in [3.63, 3.8) is 0 Å². The van der Waals surface area contributed by atoms with Crippen molar-refractivity contribution in [3.05, 3.63) is 23.4 Å². The number of hydrogen-bond acceptors (Lipinski definition) is 5. The van der Waals surface area contributed by atoms with Gasteiger partial charge in [-0.2, -0.15) is 0 Å². The van der Waals surface area contributed by atoms with E-state index in [2.05, 4.69) is 10.2 Å². The highest BCUT2D eigenvalue weighted by molar-refractivity contribution is 7.14. The van der Waals surface area contributed by atoms with E-state index in [9.17, 15) is 4.79 Å². The summed E-state index contributed by atoms with van der Waals surface area (Å²) in [6, 6.07) is 3.75. The predicted molar refractivity (Wildman–Crippen MR) is 85.6 cm³/mol. The lowest BCUT2D eigenvalue weighted by Crippen LogP contribution is -2.43. The molecule has 1 amide bonds. The first-order valence-corrected chi connectivity index (χ1v) is 8.43. The van der Waals surface area contributed by atoms with Gasteiger partial charge >= 0.3 is 0 Å². The van der Waals surface area contributed by atoms with Gasteiger partial charge in [-0.3, -0.25) is 4.79 Å². The second-order valence-corrected chi connectivity index (χ2v) is 7.75. The highest BCUT2D eigenvalue weighted by Crippen LogP contribution is 2.34. The minimum Gasteiger partial charge on any atom is -0.462 e. The Morgan fingerprint density at radius 1 is 1.32 bits per heavy atom. The van der Waals surface area contributed by atoms with E-state index in [-0.39, 0.29) is 11.3 Å². The summed E-state index contributed by atoms with van der Waals surface area (Å²) in [6.45, 7) is 7.53. The molecule has 2 aromatic rings. The van der Waals surface area contributed by atoms with Crippen LogP contribution in [0.5, 0.6) is 0 Å². The van der Waals surface area contributed by atoms with Gasteiger partial charge in [-0.1, -0.05) is 32.1 Å². The Morgan fingerprint density at radius 2 is 2.05 bits per heavy atom. The van der Waals surface area contributed by atoms with Gasteiger partial charge in [0.05, 0.1) is 6.26 Å². The summed E-state index contributed by atoms with van der Waals surface area (Å²) in [5.74, 6) is 1.40. The number of piperidine rings is 1. The third-order valence-corrected chi connectivity index (χ3v) is 5.05. The Labute approximate surface area is 134 Å². The minimum absolute atomic E-state index is 0.236. The fraction of sp³-hybridized carbons (Fsp3) is 0.562. The molecule has 0 aromatic carbocycles. The van der Waals surface area contributed by atoms with E-state index >= 15 is 0 Å². The first-order chi connectivity index (χ1) is 10.4. The fourth-order valence-corrected chi connectivity index (χ4v) is 3.68. The average molecular weight is 319 g/mol. The first-order valence-electron chi connectivity index (χ1n) is 7.62. The van der Waals surface area contributed by atoms with E-state index < -0.39 is 0 Å². The third-order valence-electron chi connectivity index (χ3n) is 3.95. The molecular weight excluding hydrogens is 298 g/mol. The molecule has 0 aliphatic carbocycles. The van der Waals surface area contributed by atoms with Crippen LogP contribution in [0, 0.1) is 5.41 Å². The molecule has 5 nitrogen and oxygen atoms in total. The molecule has 6 heteroatoms. The van der Waals surface area contributed by atoms with Crippen LogP contribution >= 0.6 is 11.3 Å². The van der Waals surface area contributed by atoms with Crippen molar-refractivity contribution in [2.75, 3.05) is 13.1 Å². The van der Waals surface area contributed by atoms with Gasteiger partial charge in [0.1, 0.15) is 5.01 Å². The van der Waals surface area contributed by atoms with E-state index in [4.69, 9.17) is 4.42 Å². The van der Waals surface area contributed by atoms with Gasteiger partial charge in [-0.15, -0.1) is 10.2 Å². The van der Waals surface area contributed by atoms with E-state index in [0.717, 1.165) is 41.7 Å². The number of amides is 1. The Bertz CT molecular complexity index is 635. The molecule has 3 heterocycles. The summed E-state index contributed by atoms with van der Waals surface area (Å²) < 4.78 is 5.36. The van der Waals surface area contributed by atoms with Crippen molar-refractivity contribution in [2.24, 2.45) is 5.41 Å². The summed E-state index contributed by atoms with van der Waals surface area (Å²) in [5.41, 5.74) is -0.304. The molecule has 0 spiro atoms. The molecule has 1 fully saturated rings. The molecule has 0 radical (unpaired) electrons. The normalized spacial score (nSPS) is 17.0. The molecule has 118 valence electrons. The van der Waals surface area contributed by atoms with Gasteiger partial charge in [-0.25, -0.2) is 0 Å². The number of nitrogens with zero attached hydrogens (tertiary/aromatic N) is 3. The summed E-state index contributed by atoms with van der Waals surface area (Å²) in [6.07, 6.45) is 3.55. The monoisotopic (exact) mass is 319 g/mol. The maximum atomic E-state index is 12.3. The van der Waals surface area contributed by atoms with Crippen molar-refractivity contribution in [1.29, 1.82) is 0 Å². The van der Waals surface area contributed by atoms with Gasteiger partial charge in [0.15, 0.2) is 10.8 Å². The molecule has 3 rings (SSSR count). The topological polar surface area (TPSA) is 59.2 Å². The first kappa shape index (κ1) is 15.2. The highest BCUT2D eigenvalue weighted by atomic mass is 32.1. The van der Waals surface area contributed by atoms with E-state index in [1.54, 1.807) is 17.6 Å². The highest BCUT2D eigenvalue weighted by Gasteiger charge is 2.31. The number of likely N-dealkylation sites (tertiary alicyclic amines) is 1. The smallest absolute Gasteiger partial charge is 0.227 e. The third kappa shape index (κ3) is 3.06. The average Bonchev–Trinajstić information content (AvgIpc) is 3.16. The molecule has 1 saturated heterocycles. The minimum atomic E-state index is -0.304. The maximum Gasteiger partial charge on any atom is 0.227 e. The Balaban J connectivity index is 1.64. The van der Waals surface area contributed by atoms with Gasteiger partial charge < -0.3 is 9.32 Å². The van der Waals surface area contributed by atoms with Crippen molar-refractivity contribution < 1.29 is 9.21 Å². The van der Waals surface area contributed by atoms with Crippen LogP contribution in [0.2, 0.25) is 0 Å². The van der Waals surface area contributed by atoms with Gasteiger partial charge in [0, 0.05) is 24.4 Å². The molecule has 1 aliphatic heterocycles. The number of carbonyl (C=O) groups is 1. The van der Waals surface area contributed by atoms with Crippen molar-refractivity contribution in [3.8, 4) is 10.8 Å². The quantitative estimate of drug-likeness (QED) is 0.849. The number of furan rings is 1. The van der Waals surface area contributed by atoms with Crippen LogP contribution in [0.4, 0.5) is 0 Å². The van der Waals surface area contributed by atoms with Crippen molar-refractivity contribution in [1.82, 2.24) is 15.1 Å². The standard InChI is InChI=1S/C16H21N3O2S/c1-16(2,3)15(20)19-8-6-11(7-9-19)13-17-18-14(22-13)12-5-4-10-21-12/h4-5,10-11H,6-9H2,1-3H3. The largest absolute Gasteiger partial charge is 0.462 e. The predicted octanol–water partition coefficient (Wildman–Crippen LogP) is 3.55. The van der Waals surface area contributed by atoms with Gasteiger partial charge in [0.25, 0.3) is 0 Å². The molecule has 0 bridgehead atoms. The molecule has 22 heavy (non-hydrogen) atoms. The molecule has 0 saturated carbocycles. The van der Waals surface area contributed by atoms with E-state index in [0.29, 0.717) is 5.92 Å². The van der Waals surface area contributed by atoms with E-state index in [1.165, 1.54) is 0 Å². The number of aromatic nitrogens is 2. The lowest BCUT2D eigenvalue weighted by molar-refractivity contribution is -0.140. The van der Waals surface area contributed by atoms with Gasteiger partial charge in [-0.05, 0) is 25.0 Å². The number of rotatable bonds is 2. The fourth-order valence-electron chi connectivity index (χ4n) is 2.70. The second-order valence-electron chi connectivity index (χ2n) is 6.74.